The van der Waals surface area contributed by atoms with Crippen molar-refractivity contribution in [3.8, 4) is 17.4 Å². The van der Waals surface area contributed by atoms with Gasteiger partial charge in [-0.05, 0) is 36.4 Å². The first kappa shape index (κ1) is 19.7. The SMILES string of the molecule is COCCOc1c(Cl)cccc1NC(=O)c1cccnc1Oc1ccccc1. The predicted octanol–water partition coefficient (Wildman–Crippen LogP) is 4.80. The Balaban J connectivity index is 1.82. The van der Waals surface area contributed by atoms with Crippen LogP contribution in [-0.2, 0) is 4.74 Å². The van der Waals surface area contributed by atoms with Crippen LogP contribution in [0.2, 0.25) is 5.02 Å². The Bertz CT molecular complexity index is 935. The topological polar surface area (TPSA) is 69.7 Å². The largest absolute Gasteiger partial charge is 0.487 e. The number of para-hydroxylation sites is 2. The zero-order valence-corrected chi connectivity index (χ0v) is 16.0. The summed E-state index contributed by atoms with van der Waals surface area (Å²) in [5.41, 5.74) is 0.734. The summed E-state index contributed by atoms with van der Waals surface area (Å²) >= 11 is 6.22. The molecule has 3 rings (SSSR count). The number of carbonyl (C=O) groups is 1. The third kappa shape index (κ3) is 5.00. The quantitative estimate of drug-likeness (QED) is 0.551. The molecule has 1 heterocycles. The summed E-state index contributed by atoms with van der Waals surface area (Å²) in [6, 6.07) is 17.6. The first-order chi connectivity index (χ1) is 13.7. The molecule has 28 heavy (non-hydrogen) atoms. The van der Waals surface area contributed by atoms with E-state index in [1.165, 1.54) is 0 Å². The summed E-state index contributed by atoms with van der Waals surface area (Å²) < 4.78 is 16.4. The molecule has 0 aliphatic heterocycles. The predicted molar refractivity (Wildman–Crippen MR) is 108 cm³/mol. The van der Waals surface area contributed by atoms with E-state index >= 15 is 0 Å². The van der Waals surface area contributed by atoms with Crippen molar-refractivity contribution in [2.75, 3.05) is 25.6 Å². The van der Waals surface area contributed by atoms with E-state index in [-0.39, 0.29) is 11.4 Å². The van der Waals surface area contributed by atoms with Crippen molar-refractivity contribution in [3.05, 3.63) is 77.4 Å². The van der Waals surface area contributed by atoms with Crippen molar-refractivity contribution in [1.29, 1.82) is 0 Å². The average Bonchev–Trinajstić information content (AvgIpc) is 2.71. The number of pyridine rings is 1. The highest BCUT2D eigenvalue weighted by Crippen LogP contribution is 2.33. The van der Waals surface area contributed by atoms with Gasteiger partial charge >= 0.3 is 0 Å². The third-order valence-electron chi connectivity index (χ3n) is 3.72. The number of anilines is 1. The van der Waals surface area contributed by atoms with Crippen LogP contribution in [0.15, 0.2) is 66.9 Å². The average molecular weight is 399 g/mol. The monoisotopic (exact) mass is 398 g/mol. The third-order valence-corrected chi connectivity index (χ3v) is 4.02. The molecule has 2 aromatic carbocycles. The second-order valence-corrected chi connectivity index (χ2v) is 6.09. The van der Waals surface area contributed by atoms with Crippen molar-refractivity contribution in [2.45, 2.75) is 0 Å². The van der Waals surface area contributed by atoms with Crippen molar-refractivity contribution >= 4 is 23.2 Å². The Labute approximate surface area is 168 Å². The Morgan fingerprint density at radius 1 is 1.04 bits per heavy atom. The van der Waals surface area contributed by atoms with Gasteiger partial charge in [0.1, 0.15) is 17.9 Å². The summed E-state index contributed by atoms with van der Waals surface area (Å²) in [7, 11) is 1.58. The van der Waals surface area contributed by atoms with E-state index in [1.807, 2.05) is 18.2 Å². The zero-order valence-electron chi connectivity index (χ0n) is 15.2. The molecule has 0 saturated carbocycles. The molecule has 0 radical (unpaired) electrons. The van der Waals surface area contributed by atoms with Crippen LogP contribution in [0.25, 0.3) is 0 Å². The molecule has 0 aliphatic carbocycles. The number of rotatable bonds is 8. The molecule has 6 nitrogen and oxygen atoms in total. The highest BCUT2D eigenvalue weighted by molar-refractivity contribution is 6.32. The van der Waals surface area contributed by atoms with Crippen LogP contribution in [0.4, 0.5) is 5.69 Å². The fraction of sp³-hybridized carbons (Fsp3) is 0.143. The van der Waals surface area contributed by atoms with Crippen molar-refractivity contribution < 1.29 is 19.0 Å². The molecule has 1 N–H and O–H groups in total. The number of benzene rings is 2. The zero-order chi connectivity index (χ0) is 19.8. The molecule has 0 saturated heterocycles. The molecule has 0 spiro atoms. The molecule has 0 bridgehead atoms. The van der Waals surface area contributed by atoms with Gasteiger partial charge < -0.3 is 19.5 Å². The second-order valence-electron chi connectivity index (χ2n) is 5.68. The molecule has 0 fully saturated rings. The van der Waals surface area contributed by atoms with Gasteiger partial charge in [0.15, 0.2) is 5.75 Å². The van der Waals surface area contributed by atoms with Gasteiger partial charge in [-0.3, -0.25) is 4.79 Å². The van der Waals surface area contributed by atoms with E-state index in [0.717, 1.165) is 0 Å². The number of amides is 1. The summed E-state index contributed by atoms with van der Waals surface area (Å²) in [6.07, 6.45) is 1.56. The van der Waals surface area contributed by atoms with Crippen molar-refractivity contribution in [3.63, 3.8) is 0 Å². The smallest absolute Gasteiger partial charge is 0.261 e. The lowest BCUT2D eigenvalue weighted by molar-refractivity contribution is 0.102. The Kier molecular flexibility index (Phi) is 6.84. The molecule has 0 atom stereocenters. The van der Waals surface area contributed by atoms with Crippen LogP contribution < -0.4 is 14.8 Å². The van der Waals surface area contributed by atoms with E-state index in [2.05, 4.69) is 10.3 Å². The molecule has 144 valence electrons. The van der Waals surface area contributed by atoms with Crippen LogP contribution in [-0.4, -0.2) is 31.2 Å². The van der Waals surface area contributed by atoms with Gasteiger partial charge in [-0.25, -0.2) is 4.98 Å². The standard InChI is InChI=1S/C21H19ClN2O4/c1-26-13-14-27-19-17(22)10-5-11-18(19)24-20(25)16-9-6-12-23-21(16)28-15-7-3-2-4-8-15/h2-12H,13-14H2,1H3,(H,24,25). The second kappa shape index (κ2) is 9.73. The lowest BCUT2D eigenvalue weighted by Gasteiger charge is -2.15. The van der Waals surface area contributed by atoms with Gasteiger partial charge in [-0.1, -0.05) is 35.9 Å². The lowest BCUT2D eigenvalue weighted by atomic mass is 10.2. The van der Waals surface area contributed by atoms with E-state index < -0.39 is 5.91 Å². The maximum atomic E-state index is 12.9. The number of hydrogen-bond acceptors (Lipinski definition) is 5. The van der Waals surface area contributed by atoms with Crippen LogP contribution in [0.3, 0.4) is 0 Å². The summed E-state index contributed by atoms with van der Waals surface area (Å²) in [6.45, 7) is 0.703. The normalized spacial score (nSPS) is 10.4. The lowest BCUT2D eigenvalue weighted by Crippen LogP contribution is -2.15. The minimum Gasteiger partial charge on any atom is -0.487 e. The van der Waals surface area contributed by atoms with Gasteiger partial charge in [-0.15, -0.1) is 0 Å². The summed E-state index contributed by atoms with van der Waals surface area (Å²) in [5.74, 6) is 0.776. The highest BCUT2D eigenvalue weighted by Gasteiger charge is 2.17. The first-order valence-corrected chi connectivity index (χ1v) is 8.96. The maximum Gasteiger partial charge on any atom is 0.261 e. The summed E-state index contributed by atoms with van der Waals surface area (Å²) in [5, 5.41) is 3.20. The minimum absolute atomic E-state index is 0.204. The number of methoxy groups -OCH3 is 1. The van der Waals surface area contributed by atoms with Crippen molar-refractivity contribution in [1.82, 2.24) is 4.98 Å². The van der Waals surface area contributed by atoms with Crippen LogP contribution in [0.1, 0.15) is 10.4 Å². The van der Waals surface area contributed by atoms with Gasteiger partial charge in [0.05, 0.1) is 17.3 Å². The molecule has 3 aromatic rings. The van der Waals surface area contributed by atoms with Crippen LogP contribution in [0.5, 0.6) is 17.4 Å². The first-order valence-electron chi connectivity index (χ1n) is 8.58. The number of halogens is 1. The fourth-order valence-electron chi connectivity index (χ4n) is 2.42. The molecule has 0 aliphatic rings. The van der Waals surface area contributed by atoms with Gasteiger partial charge in [0, 0.05) is 13.3 Å². The molecule has 1 amide bonds. The van der Waals surface area contributed by atoms with Crippen LogP contribution >= 0.6 is 11.6 Å². The van der Waals surface area contributed by atoms with E-state index in [9.17, 15) is 4.79 Å². The van der Waals surface area contributed by atoms with Crippen LogP contribution in [0, 0.1) is 0 Å². The Hall–Kier alpha value is -3.09. The molecule has 7 heteroatoms. The van der Waals surface area contributed by atoms with Gasteiger partial charge in [-0.2, -0.15) is 0 Å². The molecule has 0 unspecified atom stereocenters. The van der Waals surface area contributed by atoms with E-state index in [4.69, 9.17) is 25.8 Å². The summed E-state index contributed by atoms with van der Waals surface area (Å²) in [4.78, 5) is 17.0. The number of aromatic nitrogens is 1. The number of nitrogens with zero attached hydrogens (tertiary/aromatic N) is 1. The minimum atomic E-state index is -0.391. The van der Waals surface area contributed by atoms with E-state index in [1.54, 1.807) is 55.8 Å². The highest BCUT2D eigenvalue weighted by atomic mass is 35.5. The Morgan fingerprint density at radius 3 is 2.64 bits per heavy atom. The number of ether oxygens (including phenoxy) is 3. The fourth-order valence-corrected chi connectivity index (χ4v) is 2.64. The van der Waals surface area contributed by atoms with E-state index in [0.29, 0.717) is 35.4 Å². The number of hydrogen-bond donors (Lipinski definition) is 1. The number of carbonyl (C=O) groups excluding carboxylic acids is 1. The van der Waals surface area contributed by atoms with Gasteiger partial charge in [0.25, 0.3) is 5.91 Å². The molecule has 1 aromatic heterocycles. The molecular formula is C21H19ClN2O4. The van der Waals surface area contributed by atoms with Gasteiger partial charge in [0.2, 0.25) is 5.88 Å². The number of nitrogens with one attached hydrogen (secondary N) is 1. The Morgan fingerprint density at radius 2 is 1.86 bits per heavy atom. The molecular weight excluding hydrogens is 380 g/mol. The maximum absolute atomic E-state index is 12.9. The van der Waals surface area contributed by atoms with Crippen molar-refractivity contribution in [2.24, 2.45) is 0 Å².